The molecule has 2 aromatic rings. The van der Waals surface area contributed by atoms with Gasteiger partial charge in [-0.15, -0.1) is 0 Å². The fourth-order valence-corrected chi connectivity index (χ4v) is 3.08. The first-order chi connectivity index (χ1) is 11.4. The van der Waals surface area contributed by atoms with E-state index in [4.69, 9.17) is 0 Å². The van der Waals surface area contributed by atoms with Crippen LogP contribution in [-0.4, -0.2) is 21.6 Å². The Morgan fingerprint density at radius 1 is 1.17 bits per heavy atom. The molecular formula is C18H23N3O2S. The van der Waals surface area contributed by atoms with E-state index >= 15 is 0 Å². The summed E-state index contributed by atoms with van der Waals surface area (Å²) in [7, 11) is 0. The van der Waals surface area contributed by atoms with Gasteiger partial charge in [0.25, 0.3) is 5.56 Å². The van der Waals surface area contributed by atoms with Crippen LogP contribution in [0.25, 0.3) is 0 Å². The zero-order chi connectivity index (χ0) is 17.7. The number of aromatic amines is 1. The second-order valence-corrected chi connectivity index (χ2v) is 7.16. The monoisotopic (exact) mass is 345 g/mol. The van der Waals surface area contributed by atoms with Crippen LogP contribution >= 0.6 is 11.8 Å². The molecule has 0 aliphatic heterocycles. The minimum atomic E-state index is -0.222. The van der Waals surface area contributed by atoms with Crippen molar-refractivity contribution in [1.82, 2.24) is 9.97 Å². The van der Waals surface area contributed by atoms with E-state index in [0.717, 1.165) is 16.8 Å². The normalized spacial score (nSPS) is 11.1. The van der Waals surface area contributed by atoms with E-state index in [0.29, 0.717) is 17.0 Å². The minimum absolute atomic E-state index is 0.110. The maximum Gasteiger partial charge on any atom is 0.251 e. The molecule has 24 heavy (non-hydrogen) atoms. The third-order valence-electron chi connectivity index (χ3n) is 3.63. The molecular weight excluding hydrogens is 322 g/mol. The van der Waals surface area contributed by atoms with Gasteiger partial charge in [-0.05, 0) is 23.0 Å². The molecule has 0 unspecified atom stereocenters. The number of carbonyl (C=O) groups excluding carboxylic acids is 1. The van der Waals surface area contributed by atoms with Gasteiger partial charge in [0.15, 0.2) is 5.16 Å². The quantitative estimate of drug-likeness (QED) is 0.618. The van der Waals surface area contributed by atoms with E-state index < -0.39 is 0 Å². The number of anilines is 1. The predicted molar refractivity (Wildman–Crippen MR) is 98.8 cm³/mol. The second-order valence-electron chi connectivity index (χ2n) is 6.20. The van der Waals surface area contributed by atoms with Crippen LogP contribution < -0.4 is 10.9 Å². The van der Waals surface area contributed by atoms with Crippen molar-refractivity contribution < 1.29 is 4.79 Å². The first-order valence-corrected chi connectivity index (χ1v) is 8.97. The number of thioether (sulfide) groups is 1. The van der Waals surface area contributed by atoms with Crippen LogP contribution in [0, 0.1) is 0 Å². The van der Waals surface area contributed by atoms with Crippen molar-refractivity contribution in [3.05, 3.63) is 51.9 Å². The summed E-state index contributed by atoms with van der Waals surface area (Å²) < 4.78 is 0. The summed E-state index contributed by atoms with van der Waals surface area (Å²) in [5.41, 5.74) is 2.94. The largest absolute Gasteiger partial charge is 0.325 e. The molecule has 0 aliphatic carbocycles. The van der Waals surface area contributed by atoms with E-state index in [-0.39, 0.29) is 17.2 Å². The van der Waals surface area contributed by atoms with Gasteiger partial charge in [-0.3, -0.25) is 9.59 Å². The number of aromatic nitrogens is 2. The van der Waals surface area contributed by atoms with Gasteiger partial charge in [0.05, 0.1) is 5.75 Å². The molecule has 0 bridgehead atoms. The molecule has 0 atom stereocenters. The standard InChI is InChI=1S/C18H23N3O2S/c1-11(2)13-6-5-7-14(12(3)4)17(13)20-16(23)10-24-18-19-9-8-15(22)21-18/h5-9,11-12H,10H2,1-4H3,(H,20,23)(H,19,21,22). The number of benzene rings is 1. The summed E-state index contributed by atoms with van der Waals surface area (Å²) in [6, 6.07) is 7.48. The Bertz CT molecular complexity index is 743. The number of carbonyl (C=O) groups is 1. The number of H-pyrrole nitrogens is 1. The summed E-state index contributed by atoms with van der Waals surface area (Å²) in [6.07, 6.45) is 1.43. The van der Waals surface area contributed by atoms with Crippen molar-refractivity contribution in [3.63, 3.8) is 0 Å². The van der Waals surface area contributed by atoms with Crippen molar-refractivity contribution in [1.29, 1.82) is 0 Å². The lowest BCUT2D eigenvalue weighted by atomic mass is 9.92. The van der Waals surface area contributed by atoms with E-state index in [1.165, 1.54) is 24.0 Å². The summed E-state index contributed by atoms with van der Waals surface area (Å²) in [6.45, 7) is 8.45. The number of hydrogen-bond acceptors (Lipinski definition) is 4. The highest BCUT2D eigenvalue weighted by molar-refractivity contribution is 7.99. The molecule has 1 aromatic heterocycles. The minimum Gasteiger partial charge on any atom is -0.325 e. The summed E-state index contributed by atoms with van der Waals surface area (Å²) in [4.78, 5) is 30.3. The van der Waals surface area contributed by atoms with Crippen molar-refractivity contribution >= 4 is 23.4 Å². The summed E-state index contributed by atoms with van der Waals surface area (Å²) >= 11 is 1.21. The molecule has 0 saturated carbocycles. The van der Waals surface area contributed by atoms with Gasteiger partial charge < -0.3 is 10.3 Å². The Hall–Kier alpha value is -2.08. The van der Waals surface area contributed by atoms with Gasteiger partial charge in [0, 0.05) is 18.0 Å². The van der Waals surface area contributed by atoms with Crippen LogP contribution in [0.15, 0.2) is 40.4 Å². The Kier molecular flexibility index (Phi) is 6.20. The summed E-state index contributed by atoms with van der Waals surface area (Å²) in [5, 5.41) is 3.49. The topological polar surface area (TPSA) is 74.8 Å². The molecule has 0 aliphatic rings. The molecule has 2 N–H and O–H groups in total. The van der Waals surface area contributed by atoms with Crippen molar-refractivity contribution in [2.75, 3.05) is 11.1 Å². The molecule has 1 heterocycles. The third kappa shape index (κ3) is 4.71. The average Bonchev–Trinajstić information content (AvgIpc) is 2.52. The number of rotatable bonds is 6. The van der Waals surface area contributed by atoms with E-state index in [1.54, 1.807) is 0 Å². The number of para-hydroxylation sites is 1. The maximum atomic E-state index is 12.4. The van der Waals surface area contributed by atoms with Crippen molar-refractivity contribution in [2.45, 2.75) is 44.7 Å². The molecule has 0 saturated heterocycles. The number of nitrogens with one attached hydrogen (secondary N) is 2. The fraction of sp³-hybridized carbons (Fsp3) is 0.389. The van der Waals surface area contributed by atoms with E-state index in [1.807, 2.05) is 6.07 Å². The SMILES string of the molecule is CC(C)c1cccc(C(C)C)c1NC(=O)CSc1nccc(=O)[nH]1. The first-order valence-electron chi connectivity index (χ1n) is 7.99. The van der Waals surface area contributed by atoms with Crippen molar-refractivity contribution in [2.24, 2.45) is 0 Å². The third-order valence-corrected chi connectivity index (χ3v) is 4.51. The number of hydrogen-bond donors (Lipinski definition) is 2. The molecule has 128 valence electrons. The zero-order valence-electron chi connectivity index (χ0n) is 14.4. The van der Waals surface area contributed by atoms with Crippen LogP contribution in [-0.2, 0) is 4.79 Å². The average molecular weight is 345 g/mol. The van der Waals surface area contributed by atoms with Crippen LogP contribution in [0.3, 0.4) is 0 Å². The first kappa shape index (κ1) is 18.3. The van der Waals surface area contributed by atoms with Crippen LogP contribution in [0.4, 0.5) is 5.69 Å². The Labute approximate surface area is 146 Å². The molecule has 5 nitrogen and oxygen atoms in total. The highest BCUT2D eigenvalue weighted by Gasteiger charge is 2.16. The van der Waals surface area contributed by atoms with Crippen molar-refractivity contribution in [3.8, 4) is 0 Å². The lowest BCUT2D eigenvalue weighted by Gasteiger charge is -2.20. The zero-order valence-corrected chi connectivity index (χ0v) is 15.2. The van der Waals surface area contributed by atoms with E-state index in [9.17, 15) is 9.59 Å². The Morgan fingerprint density at radius 2 is 1.79 bits per heavy atom. The Balaban J connectivity index is 2.14. The second kappa shape index (κ2) is 8.15. The van der Waals surface area contributed by atoms with Gasteiger partial charge in [0.2, 0.25) is 5.91 Å². The number of amides is 1. The molecule has 1 aromatic carbocycles. The van der Waals surface area contributed by atoms with Crippen LogP contribution in [0.5, 0.6) is 0 Å². The molecule has 2 rings (SSSR count). The lowest BCUT2D eigenvalue weighted by molar-refractivity contribution is -0.113. The van der Waals surface area contributed by atoms with Gasteiger partial charge in [-0.1, -0.05) is 57.7 Å². The van der Waals surface area contributed by atoms with Gasteiger partial charge in [-0.2, -0.15) is 0 Å². The maximum absolute atomic E-state index is 12.4. The predicted octanol–water partition coefficient (Wildman–Crippen LogP) is 3.75. The highest BCUT2D eigenvalue weighted by atomic mass is 32.2. The Morgan fingerprint density at radius 3 is 2.33 bits per heavy atom. The molecule has 0 spiro atoms. The summed E-state index contributed by atoms with van der Waals surface area (Å²) in [5.74, 6) is 0.718. The van der Waals surface area contributed by atoms with E-state index in [2.05, 4.69) is 55.1 Å². The molecule has 0 fully saturated rings. The fourth-order valence-electron chi connectivity index (χ4n) is 2.43. The molecule has 6 heteroatoms. The number of nitrogens with zero attached hydrogens (tertiary/aromatic N) is 1. The molecule has 1 amide bonds. The van der Waals surface area contributed by atoms with Crippen LogP contribution in [0.2, 0.25) is 0 Å². The van der Waals surface area contributed by atoms with Gasteiger partial charge in [0.1, 0.15) is 0 Å². The highest BCUT2D eigenvalue weighted by Crippen LogP contribution is 2.32. The van der Waals surface area contributed by atoms with Crippen LogP contribution in [0.1, 0.15) is 50.7 Å². The van der Waals surface area contributed by atoms with Gasteiger partial charge in [-0.25, -0.2) is 4.98 Å². The lowest BCUT2D eigenvalue weighted by Crippen LogP contribution is -2.18. The molecule has 0 radical (unpaired) electrons. The van der Waals surface area contributed by atoms with Gasteiger partial charge >= 0.3 is 0 Å². The smallest absolute Gasteiger partial charge is 0.251 e.